The summed E-state index contributed by atoms with van der Waals surface area (Å²) in [6.45, 7) is 0.0379. The SMILES string of the molecule is COc1ccc(OCCC[C@@H](CC(=O)NO)C(=O)N[C@@H](Cc2ccccc2)C(=O)NCCS(N)(=O)=O)cc1. The number of rotatable bonds is 16. The maximum Gasteiger partial charge on any atom is 0.244 e. The molecule has 0 heterocycles. The van der Waals surface area contributed by atoms with Gasteiger partial charge in [-0.15, -0.1) is 0 Å². The third kappa shape index (κ3) is 11.6. The predicted molar refractivity (Wildman–Crippen MR) is 139 cm³/mol. The largest absolute Gasteiger partial charge is 0.497 e. The van der Waals surface area contributed by atoms with Gasteiger partial charge in [-0.25, -0.2) is 19.0 Å². The Morgan fingerprint density at radius 2 is 1.66 bits per heavy atom. The zero-order chi connectivity index (χ0) is 28.0. The van der Waals surface area contributed by atoms with Crippen LogP contribution in [0.1, 0.15) is 24.8 Å². The van der Waals surface area contributed by atoms with Gasteiger partial charge >= 0.3 is 0 Å². The number of carbonyl (C=O) groups excluding carboxylic acids is 3. The van der Waals surface area contributed by atoms with E-state index in [0.29, 0.717) is 17.9 Å². The quantitative estimate of drug-likeness (QED) is 0.114. The molecule has 2 aromatic rings. The highest BCUT2D eigenvalue weighted by molar-refractivity contribution is 7.89. The minimum absolute atomic E-state index is 0.132. The van der Waals surface area contributed by atoms with Crippen LogP contribution in [0.15, 0.2) is 54.6 Å². The Bertz CT molecular complexity index is 1140. The molecule has 2 rings (SSSR count). The van der Waals surface area contributed by atoms with Crippen LogP contribution in [0.5, 0.6) is 11.5 Å². The minimum atomic E-state index is -3.78. The van der Waals surface area contributed by atoms with Crippen molar-refractivity contribution in [2.75, 3.05) is 26.0 Å². The molecule has 0 saturated heterocycles. The summed E-state index contributed by atoms with van der Waals surface area (Å²) in [6, 6.07) is 14.9. The van der Waals surface area contributed by atoms with Gasteiger partial charge in [0.15, 0.2) is 0 Å². The Kier molecular flexibility index (Phi) is 12.5. The van der Waals surface area contributed by atoms with Gasteiger partial charge in [0.2, 0.25) is 27.7 Å². The summed E-state index contributed by atoms with van der Waals surface area (Å²) in [5, 5.41) is 19.1. The van der Waals surface area contributed by atoms with E-state index in [2.05, 4.69) is 10.6 Å². The van der Waals surface area contributed by atoms with Gasteiger partial charge in [0, 0.05) is 25.3 Å². The van der Waals surface area contributed by atoms with Gasteiger partial charge in [0.05, 0.1) is 19.5 Å². The Balaban J connectivity index is 2.04. The van der Waals surface area contributed by atoms with Crippen LogP contribution in [-0.2, 0) is 30.8 Å². The van der Waals surface area contributed by atoms with Crippen molar-refractivity contribution in [1.29, 1.82) is 0 Å². The van der Waals surface area contributed by atoms with E-state index in [1.54, 1.807) is 61.7 Å². The Hall–Kier alpha value is -3.68. The van der Waals surface area contributed by atoms with E-state index in [-0.39, 0.29) is 32.4 Å². The van der Waals surface area contributed by atoms with Crippen LogP contribution in [-0.4, -0.2) is 63.4 Å². The zero-order valence-corrected chi connectivity index (χ0v) is 21.9. The Morgan fingerprint density at radius 1 is 1.00 bits per heavy atom. The fourth-order valence-corrected chi connectivity index (χ4v) is 3.96. The maximum absolute atomic E-state index is 13.1. The second kappa shape index (κ2) is 15.5. The molecular weight excluding hydrogens is 516 g/mol. The maximum atomic E-state index is 13.1. The number of ether oxygens (including phenoxy) is 2. The summed E-state index contributed by atoms with van der Waals surface area (Å²) in [6.07, 6.45) is 0.469. The average Bonchev–Trinajstić information content (AvgIpc) is 2.89. The molecular formula is C25H34N4O8S. The number of nitrogens with one attached hydrogen (secondary N) is 3. The monoisotopic (exact) mass is 550 g/mol. The predicted octanol–water partition coefficient (Wildman–Crippen LogP) is 0.498. The lowest BCUT2D eigenvalue weighted by atomic mass is 9.96. The van der Waals surface area contributed by atoms with Gasteiger partial charge in [-0.3, -0.25) is 19.6 Å². The first-order chi connectivity index (χ1) is 18.1. The third-order valence-electron chi connectivity index (χ3n) is 5.55. The van der Waals surface area contributed by atoms with Crippen LogP contribution < -0.4 is 30.7 Å². The Morgan fingerprint density at radius 3 is 2.26 bits per heavy atom. The second-order valence-corrected chi connectivity index (χ2v) is 10.2. The van der Waals surface area contributed by atoms with E-state index in [1.807, 2.05) is 0 Å². The number of sulfonamides is 1. The number of amides is 3. The number of hydrogen-bond acceptors (Lipinski definition) is 8. The first-order valence-corrected chi connectivity index (χ1v) is 13.6. The zero-order valence-electron chi connectivity index (χ0n) is 21.1. The van der Waals surface area contributed by atoms with Gasteiger partial charge in [-0.1, -0.05) is 30.3 Å². The molecule has 6 N–H and O–H groups in total. The van der Waals surface area contributed by atoms with E-state index >= 15 is 0 Å². The molecule has 0 aliphatic heterocycles. The van der Waals surface area contributed by atoms with E-state index in [4.69, 9.17) is 19.8 Å². The van der Waals surface area contributed by atoms with Crippen LogP contribution in [0.25, 0.3) is 0 Å². The smallest absolute Gasteiger partial charge is 0.244 e. The molecule has 0 aliphatic carbocycles. The second-order valence-electron chi connectivity index (χ2n) is 8.51. The van der Waals surface area contributed by atoms with Crippen molar-refractivity contribution in [2.45, 2.75) is 31.7 Å². The van der Waals surface area contributed by atoms with E-state index in [1.165, 1.54) is 5.48 Å². The summed E-state index contributed by atoms with van der Waals surface area (Å²) in [5.74, 6) is -1.95. The molecule has 0 unspecified atom stereocenters. The third-order valence-corrected chi connectivity index (χ3v) is 6.33. The molecule has 13 heteroatoms. The number of primary sulfonamides is 1. The normalized spacial score (nSPS) is 12.6. The average molecular weight is 551 g/mol. The molecule has 12 nitrogen and oxygen atoms in total. The number of hydrogen-bond donors (Lipinski definition) is 5. The van der Waals surface area contributed by atoms with Crippen molar-refractivity contribution < 1.29 is 37.5 Å². The summed E-state index contributed by atoms with van der Waals surface area (Å²) in [5.41, 5.74) is 2.29. The summed E-state index contributed by atoms with van der Waals surface area (Å²) >= 11 is 0. The topological polar surface area (TPSA) is 186 Å². The highest BCUT2D eigenvalue weighted by Crippen LogP contribution is 2.18. The van der Waals surface area contributed by atoms with Gasteiger partial charge in [-0.2, -0.15) is 0 Å². The van der Waals surface area contributed by atoms with Gasteiger partial charge in [0.25, 0.3) is 0 Å². The number of hydroxylamine groups is 1. The van der Waals surface area contributed by atoms with Crippen molar-refractivity contribution in [3.8, 4) is 11.5 Å². The highest BCUT2D eigenvalue weighted by Gasteiger charge is 2.27. The molecule has 0 bridgehead atoms. The molecule has 0 aliphatic rings. The summed E-state index contributed by atoms with van der Waals surface area (Å²) in [7, 11) is -2.22. The lowest BCUT2D eigenvalue weighted by Crippen LogP contribution is -2.50. The number of carbonyl (C=O) groups is 3. The number of methoxy groups -OCH3 is 1. The van der Waals surface area contributed by atoms with Crippen LogP contribution in [0.2, 0.25) is 0 Å². The van der Waals surface area contributed by atoms with E-state index < -0.39 is 45.5 Å². The fraction of sp³-hybridized carbons (Fsp3) is 0.400. The van der Waals surface area contributed by atoms with E-state index in [9.17, 15) is 22.8 Å². The van der Waals surface area contributed by atoms with Crippen molar-refractivity contribution in [2.24, 2.45) is 11.1 Å². The number of benzene rings is 2. The van der Waals surface area contributed by atoms with Crippen molar-refractivity contribution >= 4 is 27.7 Å². The van der Waals surface area contributed by atoms with Crippen LogP contribution >= 0.6 is 0 Å². The molecule has 0 spiro atoms. The molecule has 3 amide bonds. The van der Waals surface area contributed by atoms with Gasteiger partial charge in [-0.05, 0) is 42.7 Å². The van der Waals surface area contributed by atoms with E-state index in [0.717, 1.165) is 5.56 Å². The molecule has 0 aromatic heterocycles. The standard InChI is InChI=1S/C25H34N4O8S/c1-36-20-9-11-21(12-10-20)37-14-5-8-19(17-23(30)29-33)24(31)28-22(16-18-6-3-2-4-7-18)25(32)27-13-15-38(26,34)35/h2-4,6-7,9-12,19,22,33H,5,8,13-17H2,1H3,(H,27,32)(H,28,31)(H,29,30)(H2,26,34,35)/t19-,22-/m0/s1. The summed E-state index contributed by atoms with van der Waals surface area (Å²) < 4.78 is 33.2. The van der Waals surface area contributed by atoms with Crippen LogP contribution in [0.4, 0.5) is 0 Å². The minimum Gasteiger partial charge on any atom is -0.497 e. The molecule has 2 aromatic carbocycles. The van der Waals surface area contributed by atoms with Crippen molar-refractivity contribution in [3.05, 3.63) is 60.2 Å². The lowest BCUT2D eigenvalue weighted by molar-refractivity contribution is -0.136. The van der Waals surface area contributed by atoms with Gasteiger partial charge in [0.1, 0.15) is 17.5 Å². The highest BCUT2D eigenvalue weighted by atomic mass is 32.2. The Labute approximate surface area is 221 Å². The fourth-order valence-electron chi connectivity index (χ4n) is 3.58. The number of nitrogens with two attached hydrogens (primary N) is 1. The van der Waals surface area contributed by atoms with Crippen molar-refractivity contribution in [3.63, 3.8) is 0 Å². The molecule has 208 valence electrons. The lowest BCUT2D eigenvalue weighted by Gasteiger charge is -2.22. The first-order valence-electron chi connectivity index (χ1n) is 11.9. The molecule has 0 saturated carbocycles. The first kappa shape index (κ1) is 30.5. The van der Waals surface area contributed by atoms with Crippen LogP contribution in [0.3, 0.4) is 0 Å². The molecule has 0 radical (unpaired) electrons. The van der Waals surface area contributed by atoms with Gasteiger partial charge < -0.3 is 20.1 Å². The molecule has 0 fully saturated rings. The summed E-state index contributed by atoms with van der Waals surface area (Å²) in [4.78, 5) is 37.8. The van der Waals surface area contributed by atoms with Crippen LogP contribution in [0, 0.1) is 5.92 Å². The molecule has 2 atom stereocenters. The van der Waals surface area contributed by atoms with Crippen molar-refractivity contribution in [1.82, 2.24) is 16.1 Å². The molecule has 38 heavy (non-hydrogen) atoms.